The molecule has 1 aromatic carbocycles. The molecule has 4 nitrogen and oxygen atoms in total. The third kappa shape index (κ3) is 2.90. The minimum atomic E-state index is -1.14. The molecular weight excluding hydrogens is 218 g/mol. The summed E-state index contributed by atoms with van der Waals surface area (Å²) < 4.78 is 25.5. The summed E-state index contributed by atoms with van der Waals surface area (Å²) >= 11 is 0. The summed E-state index contributed by atoms with van der Waals surface area (Å²) in [5.74, 6) is -3.07. The highest BCUT2D eigenvalue weighted by Crippen LogP contribution is 2.16. The highest BCUT2D eigenvalue weighted by Gasteiger charge is 2.15. The third-order valence-electron chi connectivity index (χ3n) is 2.13. The van der Waals surface area contributed by atoms with Crippen molar-refractivity contribution in [3.8, 4) is 0 Å². The SMILES string of the molecule is CN(CC(N)C(=O)O)c1ccc(F)c(F)c1. The van der Waals surface area contributed by atoms with Gasteiger partial charge >= 0.3 is 5.97 Å². The van der Waals surface area contributed by atoms with Gasteiger partial charge in [-0.2, -0.15) is 0 Å². The zero-order valence-corrected chi connectivity index (χ0v) is 8.65. The predicted molar refractivity (Wildman–Crippen MR) is 55.2 cm³/mol. The van der Waals surface area contributed by atoms with Gasteiger partial charge in [-0.3, -0.25) is 4.79 Å². The number of carboxylic acid groups (broad SMARTS) is 1. The van der Waals surface area contributed by atoms with Crippen molar-refractivity contribution in [2.75, 3.05) is 18.5 Å². The molecule has 0 saturated carbocycles. The first-order valence-electron chi connectivity index (χ1n) is 4.56. The number of hydrogen-bond donors (Lipinski definition) is 2. The fraction of sp³-hybridized carbons (Fsp3) is 0.300. The van der Waals surface area contributed by atoms with Gasteiger partial charge in [-0.15, -0.1) is 0 Å². The van der Waals surface area contributed by atoms with E-state index in [1.165, 1.54) is 11.0 Å². The van der Waals surface area contributed by atoms with Gasteiger partial charge in [0.2, 0.25) is 0 Å². The summed E-state index contributed by atoms with van der Waals surface area (Å²) in [6.07, 6.45) is 0. The number of nitrogens with zero attached hydrogens (tertiary/aromatic N) is 1. The van der Waals surface area contributed by atoms with Gasteiger partial charge in [-0.05, 0) is 12.1 Å². The van der Waals surface area contributed by atoms with E-state index < -0.39 is 23.6 Å². The third-order valence-corrected chi connectivity index (χ3v) is 2.13. The molecule has 0 aliphatic heterocycles. The van der Waals surface area contributed by atoms with Crippen molar-refractivity contribution in [3.05, 3.63) is 29.8 Å². The Bertz CT molecular complexity index is 398. The van der Waals surface area contributed by atoms with Crippen LogP contribution in [0.3, 0.4) is 0 Å². The molecule has 0 heterocycles. The lowest BCUT2D eigenvalue weighted by molar-refractivity contribution is -0.138. The molecule has 0 amide bonds. The molecule has 16 heavy (non-hydrogen) atoms. The number of carbonyl (C=O) groups is 1. The summed E-state index contributed by atoms with van der Waals surface area (Å²) in [5.41, 5.74) is 5.68. The van der Waals surface area contributed by atoms with Crippen molar-refractivity contribution < 1.29 is 18.7 Å². The van der Waals surface area contributed by atoms with Crippen LogP contribution in [0.5, 0.6) is 0 Å². The number of aliphatic carboxylic acids is 1. The minimum Gasteiger partial charge on any atom is -0.480 e. The number of anilines is 1. The van der Waals surface area contributed by atoms with E-state index in [1.807, 2.05) is 0 Å². The van der Waals surface area contributed by atoms with Crippen LogP contribution in [0.1, 0.15) is 0 Å². The molecule has 1 atom stereocenters. The molecule has 0 fully saturated rings. The highest BCUT2D eigenvalue weighted by molar-refractivity contribution is 5.74. The normalized spacial score (nSPS) is 12.2. The summed E-state index contributed by atoms with van der Waals surface area (Å²) in [4.78, 5) is 11.9. The number of nitrogens with two attached hydrogens (primary N) is 1. The van der Waals surface area contributed by atoms with E-state index in [4.69, 9.17) is 10.8 Å². The first kappa shape index (κ1) is 12.4. The van der Waals surface area contributed by atoms with Crippen LogP contribution in [0.15, 0.2) is 18.2 Å². The van der Waals surface area contributed by atoms with Crippen molar-refractivity contribution in [2.24, 2.45) is 5.73 Å². The van der Waals surface area contributed by atoms with Crippen LogP contribution < -0.4 is 10.6 Å². The smallest absolute Gasteiger partial charge is 0.322 e. The monoisotopic (exact) mass is 230 g/mol. The Morgan fingerprint density at radius 1 is 1.50 bits per heavy atom. The highest BCUT2D eigenvalue weighted by atomic mass is 19.2. The Morgan fingerprint density at radius 3 is 2.62 bits per heavy atom. The molecule has 0 bridgehead atoms. The van der Waals surface area contributed by atoms with Crippen molar-refractivity contribution in [3.63, 3.8) is 0 Å². The topological polar surface area (TPSA) is 66.6 Å². The quantitative estimate of drug-likeness (QED) is 0.803. The number of carboxylic acids is 1. The van der Waals surface area contributed by atoms with Crippen molar-refractivity contribution in [1.29, 1.82) is 0 Å². The first-order valence-corrected chi connectivity index (χ1v) is 4.56. The van der Waals surface area contributed by atoms with E-state index in [0.717, 1.165) is 12.1 Å². The summed E-state index contributed by atoms with van der Waals surface area (Å²) in [5, 5.41) is 8.59. The Hall–Kier alpha value is -1.69. The molecule has 0 saturated heterocycles. The molecule has 1 unspecified atom stereocenters. The zero-order valence-electron chi connectivity index (χ0n) is 8.65. The van der Waals surface area contributed by atoms with Gasteiger partial charge in [0.05, 0.1) is 0 Å². The first-order chi connectivity index (χ1) is 7.41. The molecule has 3 N–H and O–H groups in total. The van der Waals surface area contributed by atoms with E-state index in [2.05, 4.69) is 0 Å². The molecule has 0 spiro atoms. The van der Waals surface area contributed by atoms with Crippen LogP contribution in [0.2, 0.25) is 0 Å². The molecule has 0 aromatic heterocycles. The van der Waals surface area contributed by atoms with E-state index in [9.17, 15) is 13.6 Å². The Labute approximate surface area is 91.3 Å². The fourth-order valence-electron chi connectivity index (χ4n) is 1.20. The number of likely N-dealkylation sites (N-methyl/N-ethyl adjacent to an activating group) is 1. The Morgan fingerprint density at radius 2 is 2.12 bits per heavy atom. The molecular formula is C10H12F2N2O2. The van der Waals surface area contributed by atoms with Crippen LogP contribution >= 0.6 is 0 Å². The van der Waals surface area contributed by atoms with Gasteiger partial charge < -0.3 is 15.7 Å². The van der Waals surface area contributed by atoms with Crippen molar-refractivity contribution in [1.82, 2.24) is 0 Å². The molecule has 6 heteroatoms. The van der Waals surface area contributed by atoms with E-state index >= 15 is 0 Å². The number of benzene rings is 1. The van der Waals surface area contributed by atoms with Gasteiger partial charge in [0.1, 0.15) is 6.04 Å². The standard InChI is InChI=1S/C10H12F2N2O2/c1-14(5-9(13)10(15)16)6-2-3-7(11)8(12)4-6/h2-4,9H,5,13H2,1H3,(H,15,16). The Kier molecular flexibility index (Phi) is 3.78. The van der Waals surface area contributed by atoms with E-state index in [0.29, 0.717) is 5.69 Å². The van der Waals surface area contributed by atoms with E-state index in [1.54, 1.807) is 7.05 Å². The predicted octanol–water partition coefficient (Wildman–Crippen LogP) is 0.813. The zero-order chi connectivity index (χ0) is 12.3. The summed E-state index contributed by atoms with van der Waals surface area (Å²) in [7, 11) is 1.55. The van der Waals surface area contributed by atoms with Crippen LogP contribution in [0.4, 0.5) is 14.5 Å². The lowest BCUT2D eigenvalue weighted by atomic mass is 10.2. The number of halogens is 2. The fourth-order valence-corrected chi connectivity index (χ4v) is 1.20. The van der Waals surface area contributed by atoms with Gasteiger partial charge in [0, 0.05) is 25.3 Å². The minimum absolute atomic E-state index is 0.0143. The number of rotatable bonds is 4. The maximum atomic E-state index is 12.9. The Balaban J connectivity index is 2.76. The largest absolute Gasteiger partial charge is 0.480 e. The van der Waals surface area contributed by atoms with E-state index in [-0.39, 0.29) is 6.54 Å². The van der Waals surface area contributed by atoms with Gasteiger partial charge in [0.15, 0.2) is 11.6 Å². The molecule has 0 aliphatic carbocycles. The second kappa shape index (κ2) is 4.89. The summed E-state index contributed by atoms with van der Waals surface area (Å²) in [6, 6.07) is 2.25. The van der Waals surface area contributed by atoms with Gasteiger partial charge in [-0.25, -0.2) is 8.78 Å². The number of hydrogen-bond acceptors (Lipinski definition) is 3. The van der Waals surface area contributed by atoms with Crippen LogP contribution in [0, 0.1) is 11.6 Å². The molecule has 88 valence electrons. The average Bonchev–Trinajstić information content (AvgIpc) is 2.21. The van der Waals surface area contributed by atoms with Crippen LogP contribution in [0.25, 0.3) is 0 Å². The molecule has 1 aromatic rings. The van der Waals surface area contributed by atoms with Crippen LogP contribution in [-0.4, -0.2) is 30.7 Å². The average molecular weight is 230 g/mol. The second-order valence-electron chi connectivity index (χ2n) is 3.42. The lowest BCUT2D eigenvalue weighted by Gasteiger charge is -2.21. The maximum Gasteiger partial charge on any atom is 0.322 e. The molecule has 1 rings (SSSR count). The van der Waals surface area contributed by atoms with Gasteiger partial charge in [-0.1, -0.05) is 0 Å². The van der Waals surface area contributed by atoms with Crippen LogP contribution in [-0.2, 0) is 4.79 Å². The van der Waals surface area contributed by atoms with Gasteiger partial charge in [0.25, 0.3) is 0 Å². The molecule has 0 radical (unpaired) electrons. The molecule has 0 aliphatic rings. The summed E-state index contributed by atoms with van der Waals surface area (Å²) in [6.45, 7) is 0.0143. The lowest BCUT2D eigenvalue weighted by Crippen LogP contribution is -2.41. The van der Waals surface area contributed by atoms with Crippen molar-refractivity contribution in [2.45, 2.75) is 6.04 Å². The second-order valence-corrected chi connectivity index (χ2v) is 3.42. The van der Waals surface area contributed by atoms with Crippen molar-refractivity contribution >= 4 is 11.7 Å². The maximum absolute atomic E-state index is 12.9.